The van der Waals surface area contributed by atoms with Crippen LogP contribution in [0.5, 0.6) is 0 Å². The number of aryl methyl sites for hydroxylation is 2. The topological polar surface area (TPSA) is 29.9 Å². The minimum Gasteiger partial charge on any atom is -0.314 e. The summed E-state index contributed by atoms with van der Waals surface area (Å²) in [5, 5.41) is 8.03. The molecule has 1 aromatic heterocycles. The molecule has 0 spiro atoms. The standard InChI is InChI=1S/C17H31N3/c1-3-18-17(12-11-15-13-19-20(2)14-15)16-9-7-5-4-6-8-10-16/h13-14,16-18H,3-12H2,1-2H3. The van der Waals surface area contributed by atoms with Crippen LogP contribution in [0.15, 0.2) is 12.4 Å². The van der Waals surface area contributed by atoms with E-state index in [1.165, 1.54) is 56.9 Å². The summed E-state index contributed by atoms with van der Waals surface area (Å²) in [6.07, 6.45) is 16.6. The first-order chi connectivity index (χ1) is 9.79. The van der Waals surface area contributed by atoms with Crippen molar-refractivity contribution < 1.29 is 0 Å². The molecule has 1 saturated carbocycles. The van der Waals surface area contributed by atoms with Crippen molar-refractivity contribution in [2.45, 2.75) is 70.8 Å². The molecular weight excluding hydrogens is 246 g/mol. The number of nitrogens with one attached hydrogen (secondary N) is 1. The molecule has 0 amide bonds. The van der Waals surface area contributed by atoms with E-state index >= 15 is 0 Å². The molecule has 20 heavy (non-hydrogen) atoms. The zero-order valence-corrected chi connectivity index (χ0v) is 13.3. The van der Waals surface area contributed by atoms with E-state index in [4.69, 9.17) is 0 Å². The smallest absolute Gasteiger partial charge is 0.0521 e. The third-order valence-corrected chi connectivity index (χ3v) is 4.69. The van der Waals surface area contributed by atoms with E-state index in [0.29, 0.717) is 6.04 Å². The van der Waals surface area contributed by atoms with Gasteiger partial charge in [-0.05, 0) is 43.7 Å². The highest BCUT2D eigenvalue weighted by Gasteiger charge is 2.21. The molecule has 1 fully saturated rings. The normalized spacial score (nSPS) is 19.5. The number of hydrogen-bond acceptors (Lipinski definition) is 2. The van der Waals surface area contributed by atoms with Crippen molar-refractivity contribution in [3.05, 3.63) is 18.0 Å². The van der Waals surface area contributed by atoms with Gasteiger partial charge in [-0.25, -0.2) is 0 Å². The molecular formula is C17H31N3. The molecule has 0 radical (unpaired) electrons. The molecule has 0 aliphatic heterocycles. The summed E-state index contributed by atoms with van der Waals surface area (Å²) in [6, 6.07) is 0.693. The Morgan fingerprint density at radius 3 is 2.55 bits per heavy atom. The van der Waals surface area contributed by atoms with Crippen LogP contribution in [-0.4, -0.2) is 22.4 Å². The largest absolute Gasteiger partial charge is 0.314 e. The van der Waals surface area contributed by atoms with Crippen molar-refractivity contribution in [2.75, 3.05) is 6.54 Å². The van der Waals surface area contributed by atoms with Crippen LogP contribution in [0.4, 0.5) is 0 Å². The van der Waals surface area contributed by atoms with E-state index in [1.54, 1.807) is 0 Å². The van der Waals surface area contributed by atoms with Crippen LogP contribution in [0.1, 0.15) is 63.9 Å². The van der Waals surface area contributed by atoms with E-state index in [0.717, 1.165) is 18.9 Å². The summed E-state index contributed by atoms with van der Waals surface area (Å²) < 4.78 is 1.91. The maximum atomic E-state index is 4.28. The van der Waals surface area contributed by atoms with E-state index in [9.17, 15) is 0 Å². The maximum Gasteiger partial charge on any atom is 0.0521 e. The fourth-order valence-electron chi connectivity index (χ4n) is 3.58. The summed E-state index contributed by atoms with van der Waals surface area (Å²) in [4.78, 5) is 0. The summed E-state index contributed by atoms with van der Waals surface area (Å²) in [5.41, 5.74) is 1.38. The van der Waals surface area contributed by atoms with Crippen LogP contribution in [0.2, 0.25) is 0 Å². The lowest BCUT2D eigenvalue weighted by Gasteiger charge is -2.29. The van der Waals surface area contributed by atoms with E-state index < -0.39 is 0 Å². The number of hydrogen-bond donors (Lipinski definition) is 1. The van der Waals surface area contributed by atoms with Gasteiger partial charge < -0.3 is 5.32 Å². The maximum absolute atomic E-state index is 4.28. The lowest BCUT2D eigenvalue weighted by Crippen LogP contribution is -2.37. The number of rotatable bonds is 6. The van der Waals surface area contributed by atoms with Crippen molar-refractivity contribution >= 4 is 0 Å². The van der Waals surface area contributed by atoms with Crippen molar-refractivity contribution in [2.24, 2.45) is 13.0 Å². The van der Waals surface area contributed by atoms with Gasteiger partial charge in [0.1, 0.15) is 0 Å². The minimum absolute atomic E-state index is 0.693. The molecule has 1 unspecified atom stereocenters. The molecule has 0 bridgehead atoms. The summed E-state index contributed by atoms with van der Waals surface area (Å²) in [7, 11) is 2.00. The molecule has 3 heteroatoms. The van der Waals surface area contributed by atoms with Crippen molar-refractivity contribution in [3.8, 4) is 0 Å². The van der Waals surface area contributed by atoms with Gasteiger partial charge in [0.25, 0.3) is 0 Å². The summed E-state index contributed by atoms with van der Waals surface area (Å²) in [6.45, 7) is 3.33. The van der Waals surface area contributed by atoms with Gasteiger partial charge in [-0.15, -0.1) is 0 Å². The SMILES string of the molecule is CCNC(CCc1cnn(C)c1)C1CCCCCCC1. The molecule has 1 aliphatic rings. The quantitative estimate of drug-likeness (QED) is 0.859. The number of nitrogens with zero attached hydrogens (tertiary/aromatic N) is 2. The van der Waals surface area contributed by atoms with Gasteiger partial charge >= 0.3 is 0 Å². The molecule has 1 aromatic rings. The van der Waals surface area contributed by atoms with Crippen LogP contribution in [0.25, 0.3) is 0 Å². The van der Waals surface area contributed by atoms with Crippen LogP contribution < -0.4 is 5.32 Å². The Hall–Kier alpha value is -0.830. The molecule has 1 aliphatic carbocycles. The predicted molar refractivity (Wildman–Crippen MR) is 84.8 cm³/mol. The van der Waals surface area contributed by atoms with Crippen molar-refractivity contribution in [1.82, 2.24) is 15.1 Å². The minimum atomic E-state index is 0.693. The molecule has 1 atom stereocenters. The second-order valence-corrected chi connectivity index (χ2v) is 6.33. The van der Waals surface area contributed by atoms with E-state index in [2.05, 4.69) is 23.5 Å². The molecule has 2 rings (SSSR count). The Labute approximate surface area is 124 Å². The highest BCUT2D eigenvalue weighted by molar-refractivity contribution is 5.04. The van der Waals surface area contributed by atoms with Gasteiger partial charge in [0.2, 0.25) is 0 Å². The highest BCUT2D eigenvalue weighted by Crippen LogP contribution is 2.27. The van der Waals surface area contributed by atoms with Gasteiger partial charge in [-0.2, -0.15) is 5.10 Å². The van der Waals surface area contributed by atoms with Gasteiger partial charge in [-0.1, -0.05) is 39.0 Å². The average Bonchev–Trinajstić information content (AvgIpc) is 2.81. The van der Waals surface area contributed by atoms with E-state index in [1.807, 2.05) is 17.9 Å². The Kier molecular flexibility index (Phi) is 6.58. The van der Waals surface area contributed by atoms with Gasteiger partial charge in [0.05, 0.1) is 6.20 Å². The average molecular weight is 277 g/mol. The summed E-state index contributed by atoms with van der Waals surface area (Å²) >= 11 is 0. The highest BCUT2D eigenvalue weighted by atomic mass is 15.2. The second-order valence-electron chi connectivity index (χ2n) is 6.33. The fraction of sp³-hybridized carbons (Fsp3) is 0.824. The molecule has 1 N–H and O–H groups in total. The zero-order valence-electron chi connectivity index (χ0n) is 13.3. The summed E-state index contributed by atoms with van der Waals surface area (Å²) in [5.74, 6) is 0.881. The van der Waals surface area contributed by atoms with Crippen LogP contribution in [0, 0.1) is 5.92 Å². The first-order valence-corrected chi connectivity index (χ1v) is 8.50. The zero-order chi connectivity index (χ0) is 14.2. The lowest BCUT2D eigenvalue weighted by atomic mass is 9.83. The lowest BCUT2D eigenvalue weighted by molar-refractivity contribution is 0.276. The first-order valence-electron chi connectivity index (χ1n) is 8.50. The fourth-order valence-corrected chi connectivity index (χ4v) is 3.58. The monoisotopic (exact) mass is 277 g/mol. The Morgan fingerprint density at radius 1 is 1.25 bits per heavy atom. The van der Waals surface area contributed by atoms with E-state index in [-0.39, 0.29) is 0 Å². The molecule has 0 saturated heterocycles. The van der Waals surface area contributed by atoms with Crippen LogP contribution in [-0.2, 0) is 13.5 Å². The Morgan fingerprint density at radius 2 is 1.95 bits per heavy atom. The third-order valence-electron chi connectivity index (χ3n) is 4.69. The van der Waals surface area contributed by atoms with Crippen molar-refractivity contribution in [3.63, 3.8) is 0 Å². The van der Waals surface area contributed by atoms with Crippen molar-refractivity contribution in [1.29, 1.82) is 0 Å². The van der Waals surface area contributed by atoms with Gasteiger partial charge in [0, 0.05) is 19.3 Å². The molecule has 3 nitrogen and oxygen atoms in total. The molecule has 114 valence electrons. The second kappa shape index (κ2) is 8.46. The van der Waals surface area contributed by atoms with Gasteiger partial charge in [0.15, 0.2) is 0 Å². The Balaban J connectivity index is 1.87. The van der Waals surface area contributed by atoms with Crippen LogP contribution in [0.3, 0.4) is 0 Å². The first kappa shape index (κ1) is 15.6. The Bertz CT molecular complexity index is 364. The molecule has 1 heterocycles. The third kappa shape index (κ3) is 4.93. The van der Waals surface area contributed by atoms with Gasteiger partial charge in [-0.3, -0.25) is 4.68 Å². The molecule has 0 aromatic carbocycles. The van der Waals surface area contributed by atoms with Crippen LogP contribution >= 0.6 is 0 Å². The number of aromatic nitrogens is 2. The predicted octanol–water partition coefficient (Wildman–Crippen LogP) is 3.69.